The molecule has 3 heterocycles. The summed E-state index contributed by atoms with van der Waals surface area (Å²) >= 11 is 3.08. The van der Waals surface area contributed by atoms with E-state index < -0.39 is 0 Å². The van der Waals surface area contributed by atoms with Crippen LogP contribution in [0.3, 0.4) is 0 Å². The summed E-state index contributed by atoms with van der Waals surface area (Å²) in [4.78, 5) is 17.6. The smallest absolute Gasteiger partial charge is 0.160 e. The second kappa shape index (κ2) is 8.96. The molecule has 0 unspecified atom stereocenters. The first-order chi connectivity index (χ1) is 18.3. The van der Waals surface area contributed by atoms with Crippen LogP contribution in [0.15, 0.2) is 115 Å². The van der Waals surface area contributed by atoms with Crippen molar-refractivity contribution in [2.75, 3.05) is 0 Å². The van der Waals surface area contributed by atoms with E-state index in [1.54, 1.807) is 11.3 Å². The maximum atomic E-state index is 11.0. The van der Waals surface area contributed by atoms with E-state index in [4.69, 9.17) is 4.98 Å². The summed E-state index contributed by atoms with van der Waals surface area (Å²) < 4.78 is 2.34. The van der Waals surface area contributed by atoms with Crippen molar-refractivity contribution < 1.29 is 4.79 Å². The molecule has 0 bridgehead atoms. The summed E-state index contributed by atoms with van der Waals surface area (Å²) in [5.74, 6) is 0. The van der Waals surface area contributed by atoms with Gasteiger partial charge < -0.3 is 4.57 Å². The molecule has 3 aromatic heterocycles. The van der Waals surface area contributed by atoms with Crippen LogP contribution in [-0.2, 0) is 0 Å². The number of benzene rings is 4. The van der Waals surface area contributed by atoms with Gasteiger partial charge >= 0.3 is 0 Å². The van der Waals surface area contributed by atoms with Crippen LogP contribution in [0.1, 0.15) is 9.67 Å². The molecule has 0 saturated carbocycles. The first kappa shape index (κ1) is 21.9. The Balaban J connectivity index is 1.26. The molecule has 0 aliphatic rings. The van der Waals surface area contributed by atoms with Crippen LogP contribution < -0.4 is 0 Å². The number of carbonyl (C=O) groups is 1. The fourth-order valence-corrected chi connectivity index (χ4v) is 6.62. The van der Waals surface area contributed by atoms with E-state index in [0.29, 0.717) is 0 Å². The molecule has 176 valence electrons. The van der Waals surface area contributed by atoms with E-state index in [0.717, 1.165) is 32.3 Å². The van der Waals surface area contributed by atoms with Crippen molar-refractivity contribution in [3.8, 4) is 38.0 Å². The largest absolute Gasteiger partial charge is 0.309 e. The van der Waals surface area contributed by atoms with Gasteiger partial charge in [0.25, 0.3) is 0 Å². The molecule has 0 spiro atoms. The highest BCUT2D eigenvalue weighted by Gasteiger charge is 2.13. The molecule has 4 aromatic carbocycles. The Morgan fingerprint density at radius 3 is 2.22 bits per heavy atom. The van der Waals surface area contributed by atoms with Gasteiger partial charge in [0.15, 0.2) is 6.29 Å². The van der Waals surface area contributed by atoms with Crippen LogP contribution in [0.25, 0.3) is 59.8 Å². The highest BCUT2D eigenvalue weighted by molar-refractivity contribution is 7.22. The zero-order chi connectivity index (χ0) is 24.8. The number of fused-ring (bicyclic) bond motifs is 3. The van der Waals surface area contributed by atoms with Crippen LogP contribution in [0.4, 0.5) is 0 Å². The molecule has 0 aliphatic heterocycles. The predicted octanol–water partition coefficient (Wildman–Crippen LogP) is 9.12. The molecule has 37 heavy (non-hydrogen) atoms. The number of carbonyl (C=O) groups excluding carboxylic acids is 1. The number of hydrogen-bond donors (Lipinski definition) is 0. The average molecular weight is 513 g/mol. The molecule has 7 aromatic rings. The van der Waals surface area contributed by atoms with Crippen molar-refractivity contribution in [1.82, 2.24) is 9.55 Å². The normalized spacial score (nSPS) is 11.4. The van der Waals surface area contributed by atoms with Gasteiger partial charge in [-0.15, -0.1) is 22.7 Å². The molecule has 0 amide bonds. The lowest BCUT2D eigenvalue weighted by Crippen LogP contribution is -1.92. The van der Waals surface area contributed by atoms with Crippen LogP contribution >= 0.6 is 22.7 Å². The molecule has 0 saturated heterocycles. The number of aldehydes is 1. The minimum absolute atomic E-state index is 0.722. The van der Waals surface area contributed by atoms with E-state index in [2.05, 4.69) is 107 Å². The molecule has 0 atom stereocenters. The van der Waals surface area contributed by atoms with Crippen LogP contribution in [0, 0.1) is 0 Å². The van der Waals surface area contributed by atoms with Crippen LogP contribution in [0.5, 0.6) is 0 Å². The fraction of sp³-hybridized carbons (Fsp3) is 0. The third-order valence-corrected chi connectivity index (χ3v) is 8.68. The van der Waals surface area contributed by atoms with Crippen LogP contribution in [0.2, 0.25) is 0 Å². The predicted molar refractivity (Wildman–Crippen MR) is 156 cm³/mol. The SMILES string of the molecule is O=Cc1ccc(-c2nc(-c3ccc(-c4ccc5c(c4)c4ccccc4n5-c4ccccc4)cc3)cs2)s1. The molecule has 7 rings (SSSR count). The minimum atomic E-state index is 0.722. The van der Waals surface area contributed by atoms with Gasteiger partial charge in [-0.05, 0) is 53.6 Å². The van der Waals surface area contributed by atoms with Gasteiger partial charge in [0, 0.05) is 27.4 Å². The highest BCUT2D eigenvalue weighted by atomic mass is 32.1. The Hall–Kier alpha value is -4.32. The van der Waals surface area contributed by atoms with Crippen molar-refractivity contribution in [3.63, 3.8) is 0 Å². The molecule has 0 radical (unpaired) electrons. The Morgan fingerprint density at radius 2 is 1.41 bits per heavy atom. The second-order valence-electron chi connectivity index (χ2n) is 8.86. The Bertz CT molecular complexity index is 1890. The second-order valence-corrected chi connectivity index (χ2v) is 10.8. The summed E-state index contributed by atoms with van der Waals surface area (Å²) in [6, 6.07) is 38.3. The number of rotatable bonds is 5. The van der Waals surface area contributed by atoms with Crippen LogP contribution in [-0.4, -0.2) is 15.8 Å². The number of para-hydroxylation sites is 2. The maximum Gasteiger partial charge on any atom is 0.160 e. The average Bonchev–Trinajstić information content (AvgIpc) is 3.71. The number of thiophene rings is 1. The third kappa shape index (κ3) is 3.80. The van der Waals surface area contributed by atoms with Gasteiger partial charge in [-0.2, -0.15) is 0 Å². The summed E-state index contributed by atoms with van der Waals surface area (Å²) in [5, 5.41) is 5.52. The van der Waals surface area contributed by atoms with Gasteiger partial charge in [-0.25, -0.2) is 4.98 Å². The van der Waals surface area contributed by atoms with Crippen molar-refractivity contribution in [3.05, 3.63) is 119 Å². The molecule has 5 heteroatoms. The molecular weight excluding hydrogens is 492 g/mol. The van der Waals surface area contributed by atoms with Gasteiger partial charge in [-0.3, -0.25) is 4.79 Å². The molecule has 0 fully saturated rings. The summed E-state index contributed by atoms with van der Waals surface area (Å²) in [6.45, 7) is 0. The van der Waals surface area contributed by atoms with E-state index in [1.807, 2.05) is 12.1 Å². The molecular formula is C32H20N2OS2. The Kier molecular flexibility index (Phi) is 5.31. The number of thiazole rings is 1. The first-order valence-electron chi connectivity index (χ1n) is 12.0. The number of hydrogen-bond acceptors (Lipinski definition) is 4. The van der Waals surface area contributed by atoms with Gasteiger partial charge in [0.2, 0.25) is 0 Å². The lowest BCUT2D eigenvalue weighted by atomic mass is 10.0. The van der Waals surface area contributed by atoms with Crippen molar-refractivity contribution in [2.45, 2.75) is 0 Å². The topological polar surface area (TPSA) is 34.9 Å². The van der Waals surface area contributed by atoms with Gasteiger partial charge in [0.05, 0.1) is 26.5 Å². The number of nitrogens with zero attached hydrogens (tertiary/aromatic N) is 2. The minimum Gasteiger partial charge on any atom is -0.309 e. The van der Waals surface area contributed by atoms with Gasteiger partial charge in [-0.1, -0.05) is 66.7 Å². The van der Waals surface area contributed by atoms with E-state index >= 15 is 0 Å². The van der Waals surface area contributed by atoms with E-state index in [1.165, 1.54) is 50.0 Å². The van der Waals surface area contributed by atoms with E-state index in [-0.39, 0.29) is 0 Å². The van der Waals surface area contributed by atoms with E-state index in [9.17, 15) is 4.79 Å². The zero-order valence-corrected chi connectivity index (χ0v) is 21.3. The number of aromatic nitrogens is 2. The zero-order valence-electron chi connectivity index (χ0n) is 19.7. The molecule has 0 N–H and O–H groups in total. The molecule has 0 aliphatic carbocycles. The Morgan fingerprint density at radius 1 is 0.676 bits per heavy atom. The molecule has 3 nitrogen and oxygen atoms in total. The summed E-state index contributed by atoms with van der Waals surface area (Å²) in [5.41, 5.74) is 7.98. The lowest BCUT2D eigenvalue weighted by Gasteiger charge is -2.08. The van der Waals surface area contributed by atoms with Crippen molar-refractivity contribution >= 4 is 50.8 Å². The Labute approximate surface area is 221 Å². The monoisotopic (exact) mass is 512 g/mol. The van der Waals surface area contributed by atoms with Gasteiger partial charge in [0.1, 0.15) is 5.01 Å². The maximum absolute atomic E-state index is 11.0. The van der Waals surface area contributed by atoms with Crippen molar-refractivity contribution in [2.24, 2.45) is 0 Å². The fourth-order valence-electron chi connectivity index (χ4n) is 4.89. The first-order valence-corrected chi connectivity index (χ1v) is 13.7. The third-order valence-electron chi connectivity index (χ3n) is 6.66. The lowest BCUT2D eigenvalue weighted by molar-refractivity contribution is 0.112. The quantitative estimate of drug-likeness (QED) is 0.216. The highest BCUT2D eigenvalue weighted by Crippen LogP contribution is 2.36. The summed E-state index contributed by atoms with van der Waals surface area (Å²) in [7, 11) is 0. The van der Waals surface area contributed by atoms with Crippen molar-refractivity contribution in [1.29, 1.82) is 0 Å². The standard InChI is InChI=1S/C32H20N2OS2/c35-19-25-15-17-31(37-25)32-33-28(20-36-32)22-12-10-21(11-13-22)23-14-16-30-27(18-23)26-8-4-5-9-29(26)34(30)24-6-2-1-3-7-24/h1-20H. The summed E-state index contributed by atoms with van der Waals surface area (Å²) in [6.07, 6.45) is 0.887.